The van der Waals surface area contributed by atoms with E-state index in [0.717, 1.165) is 31.3 Å². The Morgan fingerprint density at radius 3 is 2.19 bits per heavy atom. The minimum Gasteiger partial charge on any atom is -0.432 e. The number of carbonyl (C=O) groups excluding carboxylic acids is 1. The van der Waals surface area contributed by atoms with Crippen LogP contribution in [-0.4, -0.2) is 109 Å². The number of fused-ring (bicyclic) bond motifs is 7. The Bertz CT molecular complexity index is 1250. The fourth-order valence-corrected chi connectivity index (χ4v) is 12.4. The number of aliphatic hydroxyl groups is 8. The van der Waals surface area contributed by atoms with Crippen molar-refractivity contribution in [3.05, 3.63) is 11.6 Å². The normalized spacial score (nSPS) is 55.9. The Kier molecular flexibility index (Phi) is 8.88. The van der Waals surface area contributed by atoms with Gasteiger partial charge in [-0.3, -0.25) is 4.79 Å². The van der Waals surface area contributed by atoms with Crippen LogP contribution >= 0.6 is 0 Å². The summed E-state index contributed by atoms with van der Waals surface area (Å²) in [6, 6.07) is 0. The van der Waals surface area contributed by atoms with Crippen LogP contribution in [0, 0.1) is 50.7 Å². The van der Waals surface area contributed by atoms with Crippen LogP contribution in [0.1, 0.15) is 92.4 Å². The zero-order valence-corrected chi connectivity index (χ0v) is 28.6. The molecule has 8 N–H and O–H groups in total. The van der Waals surface area contributed by atoms with Gasteiger partial charge >= 0.3 is 5.97 Å². The van der Waals surface area contributed by atoms with Crippen molar-refractivity contribution in [1.82, 2.24) is 0 Å². The van der Waals surface area contributed by atoms with Gasteiger partial charge in [-0.1, -0.05) is 39.3 Å². The maximum Gasteiger partial charge on any atom is 0.315 e. The fraction of sp³-hybridized carbons (Fsp3) is 0.917. The van der Waals surface area contributed by atoms with Crippen molar-refractivity contribution in [3.63, 3.8) is 0 Å². The number of ether oxygens (including phenoxy) is 2. The highest BCUT2D eigenvalue weighted by Crippen LogP contribution is 2.76. The van der Waals surface area contributed by atoms with Crippen molar-refractivity contribution in [2.45, 2.75) is 135 Å². The number of esters is 1. The lowest BCUT2D eigenvalue weighted by molar-refractivity contribution is -0.299. The largest absolute Gasteiger partial charge is 0.432 e. The maximum atomic E-state index is 14.5. The van der Waals surface area contributed by atoms with Gasteiger partial charge in [0.05, 0.1) is 30.3 Å². The van der Waals surface area contributed by atoms with Crippen LogP contribution in [0.25, 0.3) is 0 Å². The van der Waals surface area contributed by atoms with Gasteiger partial charge in [-0.05, 0) is 92.8 Å². The molecule has 0 aromatic carbocycles. The molecule has 0 aromatic rings. The lowest BCUT2D eigenvalue weighted by Crippen LogP contribution is -2.69. The number of rotatable bonds is 5. The Morgan fingerprint density at radius 2 is 1.55 bits per heavy atom. The van der Waals surface area contributed by atoms with Crippen LogP contribution in [0.15, 0.2) is 11.6 Å². The smallest absolute Gasteiger partial charge is 0.315 e. The molecule has 4 saturated carbocycles. The second-order valence-corrected chi connectivity index (χ2v) is 17.3. The number of aliphatic hydroxyl groups excluding tert-OH is 7. The molecular weight excluding hydrogens is 608 g/mol. The lowest BCUT2D eigenvalue weighted by atomic mass is 9.33. The molecule has 0 spiro atoms. The van der Waals surface area contributed by atoms with Crippen molar-refractivity contribution in [3.8, 4) is 0 Å². The van der Waals surface area contributed by atoms with Crippen molar-refractivity contribution in [2.75, 3.05) is 19.8 Å². The first-order valence-corrected chi connectivity index (χ1v) is 17.8. The van der Waals surface area contributed by atoms with E-state index in [-0.39, 0.29) is 35.9 Å². The van der Waals surface area contributed by atoms with Gasteiger partial charge in [0.15, 0.2) is 0 Å². The highest BCUT2D eigenvalue weighted by molar-refractivity contribution is 5.79. The van der Waals surface area contributed by atoms with E-state index in [1.807, 2.05) is 6.92 Å². The van der Waals surface area contributed by atoms with Crippen molar-refractivity contribution >= 4 is 5.97 Å². The molecule has 0 unspecified atom stereocenters. The van der Waals surface area contributed by atoms with Gasteiger partial charge in [0, 0.05) is 23.9 Å². The third-order valence-corrected chi connectivity index (χ3v) is 15.6. The molecule has 11 nitrogen and oxygen atoms in total. The molecule has 47 heavy (non-hydrogen) atoms. The third kappa shape index (κ3) is 4.67. The summed E-state index contributed by atoms with van der Waals surface area (Å²) in [5, 5.41) is 85.5. The molecule has 1 saturated heterocycles. The zero-order valence-electron chi connectivity index (χ0n) is 28.6. The topological polar surface area (TPSA) is 197 Å². The molecular formula is C36H58O11. The summed E-state index contributed by atoms with van der Waals surface area (Å²) in [6.07, 6.45) is -0.504. The summed E-state index contributed by atoms with van der Waals surface area (Å²) in [6.45, 7) is 9.74. The lowest BCUT2D eigenvalue weighted by Gasteiger charge is -2.72. The summed E-state index contributed by atoms with van der Waals surface area (Å²) in [5.74, 6) is -1.46. The average Bonchev–Trinajstić information content (AvgIpc) is 3.03. The first-order valence-electron chi connectivity index (χ1n) is 17.8. The van der Waals surface area contributed by atoms with Gasteiger partial charge in [0.1, 0.15) is 24.4 Å². The van der Waals surface area contributed by atoms with Gasteiger partial charge in [0.25, 0.3) is 0 Å². The zero-order chi connectivity index (χ0) is 34.5. The monoisotopic (exact) mass is 666 g/mol. The minimum absolute atomic E-state index is 0.0667. The summed E-state index contributed by atoms with van der Waals surface area (Å²) in [7, 11) is 0. The Morgan fingerprint density at radius 1 is 0.851 bits per heavy atom. The molecule has 1 heterocycles. The summed E-state index contributed by atoms with van der Waals surface area (Å²) in [4.78, 5) is 14.5. The molecule has 0 amide bonds. The predicted octanol–water partition coefficient (Wildman–Crippen LogP) is 1.41. The van der Waals surface area contributed by atoms with Crippen LogP contribution < -0.4 is 0 Å². The van der Waals surface area contributed by atoms with E-state index in [1.54, 1.807) is 6.92 Å². The molecule has 0 bridgehead atoms. The van der Waals surface area contributed by atoms with Crippen LogP contribution in [0.5, 0.6) is 0 Å². The molecule has 0 radical (unpaired) electrons. The number of hydrogen-bond donors (Lipinski definition) is 8. The Balaban J connectivity index is 1.40. The van der Waals surface area contributed by atoms with E-state index in [9.17, 15) is 45.6 Å². The van der Waals surface area contributed by atoms with Crippen LogP contribution in [0.3, 0.4) is 0 Å². The van der Waals surface area contributed by atoms with Crippen molar-refractivity contribution < 1.29 is 55.1 Å². The van der Waals surface area contributed by atoms with E-state index in [1.165, 1.54) is 0 Å². The van der Waals surface area contributed by atoms with E-state index in [4.69, 9.17) is 9.47 Å². The first-order chi connectivity index (χ1) is 21.9. The van der Waals surface area contributed by atoms with Crippen LogP contribution in [0.2, 0.25) is 0 Å². The van der Waals surface area contributed by atoms with Gasteiger partial charge in [0.2, 0.25) is 6.29 Å². The maximum absolute atomic E-state index is 14.5. The number of carbonyl (C=O) groups is 1. The Hall–Kier alpha value is -1.15. The predicted molar refractivity (Wildman–Crippen MR) is 169 cm³/mol. The van der Waals surface area contributed by atoms with Gasteiger partial charge < -0.3 is 50.3 Å². The molecule has 11 heteroatoms. The van der Waals surface area contributed by atoms with E-state index >= 15 is 0 Å². The number of hydrogen-bond acceptors (Lipinski definition) is 11. The second-order valence-electron chi connectivity index (χ2n) is 17.3. The SMILES string of the molecule is C[C@@]1(O)[C@H](CO)CC[C@]2(C(=O)O[C@@H]3O[C@H](CO)[C@@H](O)[C@H](O)[C@H]3O)CC[C@]3(C)C(=CC[C@@H]4[C@@]5(C)CC[C@H](O)[C@@](C)(CO)[C@@H]5CC[C@]43C)[C@@H]21. The molecule has 0 aromatic heterocycles. The highest BCUT2D eigenvalue weighted by Gasteiger charge is 2.72. The quantitative estimate of drug-likeness (QED) is 0.156. The van der Waals surface area contributed by atoms with Crippen molar-refractivity contribution in [2.24, 2.45) is 50.7 Å². The van der Waals surface area contributed by atoms with Gasteiger partial charge in [-0.2, -0.15) is 0 Å². The van der Waals surface area contributed by atoms with E-state index in [0.29, 0.717) is 32.1 Å². The standard InChI is InChI=1S/C36H58O11/c1-31-11-10-24(40)32(2,18-39)22(31)9-12-34(4)23(31)7-6-20-28-35(5,45)19(16-37)8-13-36(28,15-14-33(20,34)3)30(44)47-29-27(43)26(42)25(41)21(17-38)46-29/h6,19,21-29,37-43,45H,7-18H2,1-5H3/t19-,21+,22+,23+,24-,25+,26-,27+,28+,29-,31-,32-,33+,34+,35+,36-/m0/s1. The molecule has 5 aliphatic carbocycles. The Labute approximate surface area is 278 Å². The average molecular weight is 667 g/mol. The third-order valence-electron chi connectivity index (χ3n) is 15.6. The minimum atomic E-state index is -1.74. The highest BCUT2D eigenvalue weighted by atomic mass is 16.7. The van der Waals surface area contributed by atoms with Crippen molar-refractivity contribution in [1.29, 1.82) is 0 Å². The first kappa shape index (κ1) is 35.7. The van der Waals surface area contributed by atoms with E-state index in [2.05, 4.69) is 26.8 Å². The number of allylic oxidation sites excluding steroid dienone is 1. The van der Waals surface area contributed by atoms with Gasteiger partial charge in [-0.25, -0.2) is 0 Å². The molecule has 268 valence electrons. The molecule has 6 aliphatic rings. The van der Waals surface area contributed by atoms with Crippen LogP contribution in [0.4, 0.5) is 0 Å². The molecule has 6 rings (SSSR count). The summed E-state index contributed by atoms with van der Waals surface area (Å²) < 4.78 is 11.4. The fourth-order valence-electron chi connectivity index (χ4n) is 12.4. The summed E-state index contributed by atoms with van der Waals surface area (Å²) in [5.41, 5.74) is -3.01. The molecule has 16 atom stereocenters. The molecule has 5 fully saturated rings. The summed E-state index contributed by atoms with van der Waals surface area (Å²) >= 11 is 0. The van der Waals surface area contributed by atoms with E-state index < -0.39 is 83.1 Å². The second kappa shape index (κ2) is 11.7. The van der Waals surface area contributed by atoms with Gasteiger partial charge in [-0.15, -0.1) is 0 Å². The van der Waals surface area contributed by atoms with Crippen LogP contribution in [-0.2, 0) is 14.3 Å². The molecule has 1 aliphatic heterocycles.